The maximum absolute atomic E-state index is 11.4. The third-order valence-corrected chi connectivity index (χ3v) is 2.95. The Labute approximate surface area is 104 Å². The van der Waals surface area contributed by atoms with Gasteiger partial charge in [0.1, 0.15) is 0 Å². The normalized spacial score (nSPS) is 10.7. The van der Waals surface area contributed by atoms with Crippen molar-refractivity contribution in [3.8, 4) is 0 Å². The Hall–Kier alpha value is -2.10. The topological polar surface area (TPSA) is 70.2 Å². The fourth-order valence-corrected chi connectivity index (χ4v) is 1.96. The number of carbonyl (C=O) groups is 1. The van der Waals surface area contributed by atoms with Crippen LogP contribution in [0.15, 0.2) is 29.1 Å². The summed E-state index contributed by atoms with van der Waals surface area (Å²) in [6, 6.07) is 7.65. The van der Waals surface area contributed by atoms with Crippen molar-refractivity contribution in [1.29, 1.82) is 0 Å². The van der Waals surface area contributed by atoms with Crippen molar-refractivity contribution in [2.75, 3.05) is 0 Å². The molecule has 0 fully saturated rings. The molecule has 1 aromatic heterocycles. The summed E-state index contributed by atoms with van der Waals surface area (Å²) >= 11 is 0. The fourth-order valence-electron chi connectivity index (χ4n) is 1.96. The number of rotatable bonds is 4. The van der Waals surface area contributed by atoms with Crippen molar-refractivity contribution in [2.24, 2.45) is 0 Å². The molecule has 2 aromatic rings. The van der Waals surface area contributed by atoms with Crippen LogP contribution >= 0.6 is 0 Å². The first kappa shape index (κ1) is 12.4. The van der Waals surface area contributed by atoms with Crippen LogP contribution in [0.1, 0.15) is 24.0 Å². The third-order valence-electron chi connectivity index (χ3n) is 2.95. The highest BCUT2D eigenvalue weighted by Crippen LogP contribution is 2.15. The van der Waals surface area contributed by atoms with E-state index in [1.807, 2.05) is 24.3 Å². The van der Waals surface area contributed by atoms with Gasteiger partial charge in [0.05, 0.1) is 0 Å². The van der Waals surface area contributed by atoms with Gasteiger partial charge in [-0.05, 0) is 48.9 Å². The van der Waals surface area contributed by atoms with Gasteiger partial charge in [0.2, 0.25) is 0 Å². The first-order chi connectivity index (χ1) is 8.56. The van der Waals surface area contributed by atoms with Gasteiger partial charge in [0.25, 0.3) is 5.56 Å². The Morgan fingerprint density at radius 3 is 2.83 bits per heavy atom. The minimum Gasteiger partial charge on any atom is -0.481 e. The van der Waals surface area contributed by atoms with Crippen molar-refractivity contribution in [3.05, 3.63) is 45.7 Å². The second-order valence-corrected chi connectivity index (χ2v) is 4.45. The predicted octanol–water partition coefficient (Wildman–Crippen LogP) is 2.24. The van der Waals surface area contributed by atoms with Gasteiger partial charge in [0.15, 0.2) is 0 Å². The van der Waals surface area contributed by atoms with Gasteiger partial charge in [-0.1, -0.05) is 6.07 Å². The fraction of sp³-hybridized carbons (Fsp3) is 0.286. The molecule has 0 saturated heterocycles. The molecule has 0 unspecified atom stereocenters. The van der Waals surface area contributed by atoms with E-state index >= 15 is 0 Å². The quantitative estimate of drug-likeness (QED) is 0.867. The van der Waals surface area contributed by atoms with Crippen LogP contribution in [-0.4, -0.2) is 16.1 Å². The van der Waals surface area contributed by atoms with E-state index in [2.05, 4.69) is 4.98 Å². The van der Waals surface area contributed by atoms with E-state index in [1.54, 1.807) is 6.92 Å². The molecule has 0 bridgehead atoms. The van der Waals surface area contributed by atoms with Crippen LogP contribution in [0, 0.1) is 6.92 Å². The standard InChI is InChI=1S/C14H15NO3/c1-9-7-11-8-10(3-2-4-13(16)17)5-6-12(11)15-14(9)18/h5-8H,2-4H2,1H3,(H,15,18)(H,16,17). The molecule has 1 heterocycles. The molecule has 4 nitrogen and oxygen atoms in total. The number of hydrogen-bond acceptors (Lipinski definition) is 2. The highest BCUT2D eigenvalue weighted by Gasteiger charge is 2.02. The van der Waals surface area contributed by atoms with Crippen LogP contribution in [0.3, 0.4) is 0 Å². The van der Waals surface area contributed by atoms with Gasteiger partial charge in [-0.2, -0.15) is 0 Å². The van der Waals surface area contributed by atoms with E-state index in [0.717, 1.165) is 22.9 Å². The number of pyridine rings is 1. The number of hydrogen-bond donors (Lipinski definition) is 2. The summed E-state index contributed by atoms with van der Waals surface area (Å²) in [5, 5.41) is 9.58. The molecule has 0 spiro atoms. The monoisotopic (exact) mass is 245 g/mol. The molecule has 1 aromatic carbocycles. The molecule has 4 heteroatoms. The number of aromatic nitrogens is 1. The van der Waals surface area contributed by atoms with E-state index in [9.17, 15) is 9.59 Å². The van der Waals surface area contributed by atoms with Crippen LogP contribution in [0.4, 0.5) is 0 Å². The average molecular weight is 245 g/mol. The molecule has 2 rings (SSSR count). The van der Waals surface area contributed by atoms with Gasteiger partial charge in [-0.25, -0.2) is 0 Å². The highest BCUT2D eigenvalue weighted by atomic mass is 16.4. The lowest BCUT2D eigenvalue weighted by molar-refractivity contribution is -0.137. The minimum atomic E-state index is -0.768. The van der Waals surface area contributed by atoms with Gasteiger partial charge < -0.3 is 10.1 Å². The van der Waals surface area contributed by atoms with Crippen molar-refractivity contribution >= 4 is 16.9 Å². The summed E-state index contributed by atoms with van der Waals surface area (Å²) in [5.41, 5.74) is 2.52. The Balaban J connectivity index is 2.24. The van der Waals surface area contributed by atoms with Gasteiger partial charge in [-0.3, -0.25) is 9.59 Å². The number of aryl methyl sites for hydroxylation is 2. The first-order valence-corrected chi connectivity index (χ1v) is 5.90. The summed E-state index contributed by atoms with van der Waals surface area (Å²) in [6.45, 7) is 1.77. The third kappa shape index (κ3) is 2.77. The van der Waals surface area contributed by atoms with E-state index in [4.69, 9.17) is 5.11 Å². The second kappa shape index (κ2) is 5.04. The number of H-pyrrole nitrogens is 1. The Kier molecular flexibility index (Phi) is 3.46. The van der Waals surface area contributed by atoms with E-state index in [1.165, 1.54) is 0 Å². The van der Waals surface area contributed by atoms with Crippen molar-refractivity contribution in [2.45, 2.75) is 26.2 Å². The number of aromatic amines is 1. The SMILES string of the molecule is Cc1cc2cc(CCCC(=O)O)ccc2[nH]c1=O. The number of nitrogens with one attached hydrogen (secondary N) is 1. The smallest absolute Gasteiger partial charge is 0.303 e. The molecule has 0 aliphatic heterocycles. The van der Waals surface area contributed by atoms with Gasteiger partial charge in [0, 0.05) is 17.5 Å². The van der Waals surface area contributed by atoms with Crippen LogP contribution in [-0.2, 0) is 11.2 Å². The maximum Gasteiger partial charge on any atom is 0.303 e. The summed E-state index contributed by atoms with van der Waals surface area (Å²) in [4.78, 5) is 24.7. The van der Waals surface area contributed by atoms with E-state index in [-0.39, 0.29) is 12.0 Å². The van der Waals surface area contributed by atoms with Crippen molar-refractivity contribution in [3.63, 3.8) is 0 Å². The molecule has 0 atom stereocenters. The lowest BCUT2D eigenvalue weighted by Gasteiger charge is -2.04. The van der Waals surface area contributed by atoms with Crippen LogP contribution in [0.5, 0.6) is 0 Å². The molecule has 2 N–H and O–H groups in total. The number of aliphatic carboxylic acids is 1. The molecule has 0 radical (unpaired) electrons. The van der Waals surface area contributed by atoms with Crippen molar-refractivity contribution < 1.29 is 9.90 Å². The summed E-state index contributed by atoms with van der Waals surface area (Å²) in [5.74, 6) is -0.768. The molecule has 0 saturated carbocycles. The summed E-state index contributed by atoms with van der Waals surface area (Å²) in [6.07, 6.45) is 1.55. The largest absolute Gasteiger partial charge is 0.481 e. The lowest BCUT2D eigenvalue weighted by Crippen LogP contribution is -2.08. The van der Waals surface area contributed by atoms with Crippen molar-refractivity contribution in [1.82, 2.24) is 4.98 Å². The Bertz CT molecular complexity index is 643. The van der Waals surface area contributed by atoms with Gasteiger partial charge >= 0.3 is 5.97 Å². The minimum absolute atomic E-state index is 0.0684. The summed E-state index contributed by atoms with van der Waals surface area (Å²) < 4.78 is 0. The molecular formula is C14H15NO3. The number of benzene rings is 1. The summed E-state index contributed by atoms with van der Waals surface area (Å²) in [7, 11) is 0. The molecule has 18 heavy (non-hydrogen) atoms. The second-order valence-electron chi connectivity index (χ2n) is 4.45. The molecule has 94 valence electrons. The number of carboxylic acids is 1. The van der Waals surface area contributed by atoms with E-state index < -0.39 is 5.97 Å². The zero-order valence-corrected chi connectivity index (χ0v) is 10.2. The van der Waals surface area contributed by atoms with Crippen LogP contribution in [0.25, 0.3) is 10.9 Å². The first-order valence-electron chi connectivity index (χ1n) is 5.90. The highest BCUT2D eigenvalue weighted by molar-refractivity contribution is 5.79. The zero-order chi connectivity index (χ0) is 13.1. The number of carboxylic acid groups (broad SMARTS) is 1. The molecular weight excluding hydrogens is 230 g/mol. The molecule has 0 amide bonds. The number of fused-ring (bicyclic) bond motifs is 1. The maximum atomic E-state index is 11.4. The van der Waals surface area contributed by atoms with Crippen LogP contribution < -0.4 is 5.56 Å². The molecule has 0 aliphatic rings. The zero-order valence-electron chi connectivity index (χ0n) is 10.2. The predicted molar refractivity (Wildman–Crippen MR) is 69.9 cm³/mol. The Morgan fingerprint density at radius 1 is 1.33 bits per heavy atom. The van der Waals surface area contributed by atoms with E-state index in [0.29, 0.717) is 12.0 Å². The van der Waals surface area contributed by atoms with Crippen LogP contribution in [0.2, 0.25) is 0 Å². The van der Waals surface area contributed by atoms with Gasteiger partial charge in [-0.15, -0.1) is 0 Å². The lowest BCUT2D eigenvalue weighted by atomic mass is 10.0. The molecule has 0 aliphatic carbocycles. The Morgan fingerprint density at radius 2 is 2.11 bits per heavy atom. The average Bonchev–Trinajstić information content (AvgIpc) is 2.30.